The number of ether oxygens (including phenoxy) is 2. The molecule has 0 spiro atoms. The molecule has 1 amide bonds. The molecule has 27 heavy (non-hydrogen) atoms. The van der Waals surface area contributed by atoms with Gasteiger partial charge in [-0.25, -0.2) is 4.79 Å². The molecule has 142 valence electrons. The van der Waals surface area contributed by atoms with E-state index >= 15 is 0 Å². The van der Waals surface area contributed by atoms with Crippen LogP contribution in [0.25, 0.3) is 0 Å². The molecule has 0 aliphatic heterocycles. The van der Waals surface area contributed by atoms with Gasteiger partial charge in [-0.05, 0) is 26.0 Å². The highest BCUT2D eigenvalue weighted by Gasteiger charge is 2.20. The maximum absolute atomic E-state index is 12.6. The number of esters is 1. The summed E-state index contributed by atoms with van der Waals surface area (Å²) in [7, 11) is 2.69. The van der Waals surface area contributed by atoms with E-state index in [1.807, 2.05) is 19.1 Å². The average molecular weight is 372 g/mol. The molecule has 2 rings (SSSR count). The van der Waals surface area contributed by atoms with Crippen molar-refractivity contribution in [3.05, 3.63) is 68.8 Å². The zero-order chi connectivity index (χ0) is 20.1. The SMILES string of the molecule is COC(=O)c1cc(C(=O)N[C@@H](C)c2cc(C)ccc2OC)cc([N+](=O)[O-])c1. The van der Waals surface area contributed by atoms with Crippen LogP contribution in [0, 0.1) is 17.0 Å². The van der Waals surface area contributed by atoms with Crippen LogP contribution in [-0.2, 0) is 4.74 Å². The number of carbonyl (C=O) groups excluding carboxylic acids is 2. The fourth-order valence-corrected chi connectivity index (χ4v) is 2.63. The van der Waals surface area contributed by atoms with Crippen LogP contribution in [-0.4, -0.2) is 31.0 Å². The third-order valence-electron chi connectivity index (χ3n) is 4.01. The van der Waals surface area contributed by atoms with E-state index in [-0.39, 0.29) is 16.8 Å². The summed E-state index contributed by atoms with van der Waals surface area (Å²) in [6, 6.07) is 8.59. The van der Waals surface area contributed by atoms with E-state index in [2.05, 4.69) is 10.1 Å². The van der Waals surface area contributed by atoms with Crippen LogP contribution >= 0.6 is 0 Å². The zero-order valence-corrected chi connectivity index (χ0v) is 15.4. The average Bonchev–Trinajstić information content (AvgIpc) is 2.66. The van der Waals surface area contributed by atoms with Gasteiger partial charge in [-0.3, -0.25) is 14.9 Å². The van der Waals surface area contributed by atoms with Gasteiger partial charge >= 0.3 is 5.97 Å². The normalized spacial score (nSPS) is 11.4. The predicted octanol–water partition coefficient (Wildman–Crippen LogP) is 3.19. The van der Waals surface area contributed by atoms with Gasteiger partial charge in [0.15, 0.2) is 0 Å². The second kappa shape index (κ2) is 8.31. The standard InChI is InChI=1S/C19H20N2O6/c1-11-5-6-17(26-3)16(7-11)12(2)20-18(22)13-8-14(19(23)27-4)10-15(9-13)21(24)25/h5-10,12H,1-4H3,(H,20,22)/t12-/m0/s1. The van der Waals surface area contributed by atoms with E-state index in [1.54, 1.807) is 13.0 Å². The Morgan fingerprint density at radius 1 is 1.11 bits per heavy atom. The quantitative estimate of drug-likeness (QED) is 0.474. The fourth-order valence-electron chi connectivity index (χ4n) is 2.63. The van der Waals surface area contributed by atoms with Crippen LogP contribution in [0.5, 0.6) is 5.75 Å². The number of aryl methyl sites for hydroxylation is 1. The molecule has 1 atom stereocenters. The number of amides is 1. The molecule has 0 saturated carbocycles. The topological polar surface area (TPSA) is 108 Å². The summed E-state index contributed by atoms with van der Waals surface area (Å²) in [5, 5.41) is 13.9. The number of non-ortho nitro benzene ring substituents is 1. The highest BCUT2D eigenvalue weighted by atomic mass is 16.6. The molecule has 0 unspecified atom stereocenters. The minimum Gasteiger partial charge on any atom is -0.496 e. The summed E-state index contributed by atoms with van der Waals surface area (Å²) in [4.78, 5) is 34.8. The van der Waals surface area contributed by atoms with Crippen molar-refractivity contribution in [3.63, 3.8) is 0 Å². The monoisotopic (exact) mass is 372 g/mol. The highest BCUT2D eigenvalue weighted by Crippen LogP contribution is 2.27. The fraction of sp³-hybridized carbons (Fsp3) is 0.263. The minimum atomic E-state index is -0.763. The van der Waals surface area contributed by atoms with Crippen molar-refractivity contribution in [1.82, 2.24) is 5.32 Å². The second-order valence-corrected chi connectivity index (χ2v) is 5.96. The van der Waals surface area contributed by atoms with Gasteiger partial charge in [0.25, 0.3) is 11.6 Å². The molecule has 1 N–H and O–H groups in total. The first-order chi connectivity index (χ1) is 12.8. The molecule has 0 saturated heterocycles. The van der Waals surface area contributed by atoms with Crippen LogP contribution in [0.3, 0.4) is 0 Å². The largest absolute Gasteiger partial charge is 0.496 e. The van der Waals surface area contributed by atoms with E-state index in [0.717, 1.165) is 30.4 Å². The zero-order valence-electron chi connectivity index (χ0n) is 15.4. The Hall–Kier alpha value is -3.42. The van der Waals surface area contributed by atoms with E-state index in [9.17, 15) is 19.7 Å². The van der Waals surface area contributed by atoms with Gasteiger partial charge < -0.3 is 14.8 Å². The molecule has 0 fully saturated rings. The molecule has 0 radical (unpaired) electrons. The Morgan fingerprint density at radius 3 is 2.37 bits per heavy atom. The minimum absolute atomic E-state index is 0.0110. The second-order valence-electron chi connectivity index (χ2n) is 5.96. The van der Waals surface area contributed by atoms with E-state index in [1.165, 1.54) is 13.2 Å². The summed E-state index contributed by atoms with van der Waals surface area (Å²) in [6.07, 6.45) is 0. The van der Waals surface area contributed by atoms with Gasteiger partial charge in [0.05, 0.1) is 30.7 Å². The molecule has 0 aliphatic rings. The smallest absolute Gasteiger partial charge is 0.338 e. The lowest BCUT2D eigenvalue weighted by atomic mass is 10.0. The third-order valence-corrected chi connectivity index (χ3v) is 4.01. The molecule has 0 bridgehead atoms. The number of rotatable bonds is 6. The first-order valence-corrected chi connectivity index (χ1v) is 8.10. The van der Waals surface area contributed by atoms with Gasteiger partial charge in [0, 0.05) is 23.3 Å². The maximum atomic E-state index is 12.6. The summed E-state index contributed by atoms with van der Waals surface area (Å²) in [6.45, 7) is 3.69. The third kappa shape index (κ3) is 4.60. The Morgan fingerprint density at radius 2 is 1.78 bits per heavy atom. The van der Waals surface area contributed by atoms with Crippen LogP contribution in [0.15, 0.2) is 36.4 Å². The number of nitrogens with zero attached hydrogens (tertiary/aromatic N) is 1. The summed E-state index contributed by atoms with van der Waals surface area (Å²) in [5.74, 6) is -0.705. The summed E-state index contributed by atoms with van der Waals surface area (Å²) in [5.41, 5.74) is 1.31. The Balaban J connectivity index is 2.35. The first-order valence-electron chi connectivity index (χ1n) is 8.10. The molecule has 2 aromatic carbocycles. The van der Waals surface area contributed by atoms with Crippen molar-refractivity contribution >= 4 is 17.6 Å². The number of methoxy groups -OCH3 is 2. The van der Waals surface area contributed by atoms with Crippen molar-refractivity contribution in [3.8, 4) is 5.75 Å². The van der Waals surface area contributed by atoms with E-state index in [0.29, 0.717) is 5.75 Å². The van der Waals surface area contributed by atoms with E-state index < -0.39 is 22.8 Å². The number of nitro benzene ring substituents is 1. The molecule has 0 heterocycles. The number of carbonyl (C=O) groups is 2. The number of nitro groups is 1. The summed E-state index contributed by atoms with van der Waals surface area (Å²) >= 11 is 0. The number of hydrogen-bond acceptors (Lipinski definition) is 6. The molecule has 0 aliphatic carbocycles. The van der Waals surface area contributed by atoms with Gasteiger partial charge in [0.2, 0.25) is 0 Å². The van der Waals surface area contributed by atoms with Gasteiger partial charge in [-0.15, -0.1) is 0 Å². The van der Waals surface area contributed by atoms with Gasteiger partial charge in [0.1, 0.15) is 5.75 Å². The molecule has 0 aromatic heterocycles. The molecular formula is C19H20N2O6. The lowest BCUT2D eigenvalue weighted by molar-refractivity contribution is -0.384. The van der Waals surface area contributed by atoms with Crippen LogP contribution < -0.4 is 10.1 Å². The van der Waals surface area contributed by atoms with E-state index in [4.69, 9.17) is 4.74 Å². The Kier molecular flexibility index (Phi) is 6.12. The Labute approximate surface area is 156 Å². The first kappa shape index (κ1) is 19.9. The molecule has 8 nitrogen and oxygen atoms in total. The highest BCUT2D eigenvalue weighted by molar-refractivity contribution is 5.99. The van der Waals surface area contributed by atoms with Crippen LogP contribution in [0.4, 0.5) is 5.69 Å². The molecule has 2 aromatic rings. The van der Waals surface area contributed by atoms with Gasteiger partial charge in [-0.1, -0.05) is 17.7 Å². The van der Waals surface area contributed by atoms with Crippen LogP contribution in [0.2, 0.25) is 0 Å². The maximum Gasteiger partial charge on any atom is 0.338 e. The molecule has 8 heteroatoms. The van der Waals surface area contributed by atoms with Crippen LogP contribution in [0.1, 0.15) is 44.8 Å². The number of nitrogens with one attached hydrogen (secondary N) is 1. The lowest BCUT2D eigenvalue weighted by Gasteiger charge is -2.18. The lowest BCUT2D eigenvalue weighted by Crippen LogP contribution is -2.27. The van der Waals surface area contributed by atoms with Gasteiger partial charge in [-0.2, -0.15) is 0 Å². The van der Waals surface area contributed by atoms with Crippen molar-refractivity contribution in [2.45, 2.75) is 19.9 Å². The summed E-state index contributed by atoms with van der Waals surface area (Å²) < 4.78 is 9.91. The molecular weight excluding hydrogens is 352 g/mol. The van der Waals surface area contributed by atoms with Crippen molar-refractivity contribution in [1.29, 1.82) is 0 Å². The van der Waals surface area contributed by atoms with Crippen molar-refractivity contribution in [2.75, 3.05) is 14.2 Å². The Bertz CT molecular complexity index is 894. The number of hydrogen-bond donors (Lipinski definition) is 1. The van der Waals surface area contributed by atoms with Crippen molar-refractivity contribution in [2.24, 2.45) is 0 Å². The number of benzene rings is 2. The van der Waals surface area contributed by atoms with Crippen molar-refractivity contribution < 1.29 is 24.0 Å². The predicted molar refractivity (Wildman–Crippen MR) is 98.0 cm³/mol.